The summed E-state index contributed by atoms with van der Waals surface area (Å²) in [5.41, 5.74) is 12.5. The monoisotopic (exact) mass is 597 g/mol. The Morgan fingerprint density at radius 3 is 1.67 bits per heavy atom. The van der Waals surface area contributed by atoms with Crippen LogP contribution < -0.4 is 27.4 Å². The molecule has 2 aromatic rings. The van der Waals surface area contributed by atoms with E-state index in [9.17, 15) is 28.8 Å². The molecule has 2 aromatic carbocycles. The molecule has 7 N–H and O–H groups in total. The predicted octanol–water partition coefficient (Wildman–Crippen LogP) is 1.82. The number of hydrogen-bond donors (Lipinski definition) is 5. The highest BCUT2D eigenvalue weighted by molar-refractivity contribution is 6.05. The van der Waals surface area contributed by atoms with Gasteiger partial charge in [-0.2, -0.15) is 0 Å². The number of alkyl carbamates (subject to hydrolysis) is 2. The van der Waals surface area contributed by atoms with E-state index in [2.05, 4.69) is 16.0 Å². The molecule has 4 amide bonds. The first-order valence-electron chi connectivity index (χ1n) is 13.8. The van der Waals surface area contributed by atoms with Gasteiger partial charge in [-0.3, -0.25) is 19.2 Å². The van der Waals surface area contributed by atoms with Gasteiger partial charge < -0.3 is 36.9 Å². The molecule has 0 aliphatic heterocycles. The van der Waals surface area contributed by atoms with Crippen LogP contribution in [0.4, 0.5) is 9.59 Å². The molecule has 0 saturated heterocycles. The molecule has 0 spiro atoms. The molecule has 0 saturated carbocycles. The molecule has 2 rings (SSSR count). The van der Waals surface area contributed by atoms with Crippen molar-refractivity contribution in [2.75, 3.05) is 0 Å². The van der Waals surface area contributed by atoms with E-state index in [1.807, 2.05) is 19.9 Å². The average molecular weight is 598 g/mol. The molecule has 0 bridgehead atoms. The van der Waals surface area contributed by atoms with Crippen LogP contribution in [0.25, 0.3) is 0 Å². The van der Waals surface area contributed by atoms with Crippen LogP contribution in [0.5, 0.6) is 0 Å². The molecule has 13 nitrogen and oxygen atoms in total. The van der Waals surface area contributed by atoms with E-state index >= 15 is 0 Å². The first-order chi connectivity index (χ1) is 20.4. The Bertz CT molecular complexity index is 1240. The smallest absolute Gasteiger partial charge is 0.408 e. The van der Waals surface area contributed by atoms with Crippen molar-refractivity contribution in [3.05, 3.63) is 71.8 Å². The van der Waals surface area contributed by atoms with Crippen LogP contribution in [-0.2, 0) is 41.9 Å². The van der Waals surface area contributed by atoms with Crippen LogP contribution in [0.3, 0.4) is 0 Å². The third kappa shape index (κ3) is 13.6. The number of rotatable bonds is 17. The second-order valence-corrected chi connectivity index (χ2v) is 10.2. The zero-order valence-corrected chi connectivity index (χ0v) is 24.2. The Hall–Kier alpha value is -4.78. The van der Waals surface area contributed by atoms with Crippen molar-refractivity contribution >= 4 is 35.6 Å². The minimum atomic E-state index is -1.59. The quantitative estimate of drug-likeness (QED) is 0.133. The normalized spacial score (nSPS) is 12.7. The van der Waals surface area contributed by atoms with Gasteiger partial charge in [-0.25, -0.2) is 9.59 Å². The number of carbonyl (C=O) groups is 6. The maximum atomic E-state index is 12.9. The molecule has 3 atom stereocenters. The molecule has 0 aliphatic rings. The van der Waals surface area contributed by atoms with E-state index in [1.54, 1.807) is 54.6 Å². The van der Waals surface area contributed by atoms with Gasteiger partial charge in [-0.05, 0) is 29.9 Å². The van der Waals surface area contributed by atoms with E-state index < -0.39 is 60.2 Å². The van der Waals surface area contributed by atoms with Crippen LogP contribution in [0.1, 0.15) is 50.7 Å². The van der Waals surface area contributed by atoms with Crippen molar-refractivity contribution in [2.45, 2.75) is 71.0 Å². The third-order valence-electron chi connectivity index (χ3n) is 6.09. The van der Waals surface area contributed by atoms with Crippen LogP contribution >= 0.6 is 0 Å². The molecule has 0 heterocycles. The molecular weight excluding hydrogens is 558 g/mol. The highest BCUT2D eigenvalue weighted by Gasteiger charge is 2.29. The molecule has 13 heteroatoms. The van der Waals surface area contributed by atoms with E-state index in [0.29, 0.717) is 5.56 Å². The second-order valence-electron chi connectivity index (χ2n) is 10.2. The van der Waals surface area contributed by atoms with Crippen molar-refractivity contribution in [1.29, 1.82) is 0 Å². The van der Waals surface area contributed by atoms with Crippen LogP contribution in [0.2, 0.25) is 0 Å². The Morgan fingerprint density at radius 2 is 1.21 bits per heavy atom. The van der Waals surface area contributed by atoms with Crippen molar-refractivity contribution in [3.8, 4) is 0 Å². The Balaban J connectivity index is 1.94. The summed E-state index contributed by atoms with van der Waals surface area (Å²) >= 11 is 0. The van der Waals surface area contributed by atoms with Crippen molar-refractivity contribution in [2.24, 2.45) is 17.4 Å². The highest BCUT2D eigenvalue weighted by atomic mass is 16.6. The fourth-order valence-electron chi connectivity index (χ4n) is 3.86. The Labute approximate surface area is 250 Å². The zero-order chi connectivity index (χ0) is 31.8. The largest absolute Gasteiger partial charge is 0.445 e. The first kappa shape index (κ1) is 34.4. The second kappa shape index (κ2) is 17.9. The number of nitrogens with one attached hydrogen (secondary N) is 3. The average Bonchev–Trinajstić information content (AvgIpc) is 2.97. The minimum absolute atomic E-state index is 0.00639. The van der Waals surface area contributed by atoms with Gasteiger partial charge in [0.15, 0.2) is 11.6 Å². The third-order valence-corrected chi connectivity index (χ3v) is 6.09. The van der Waals surface area contributed by atoms with Crippen LogP contribution in [0.15, 0.2) is 60.7 Å². The number of ether oxygens (including phenoxy) is 2. The fourth-order valence-corrected chi connectivity index (χ4v) is 3.86. The predicted molar refractivity (Wildman–Crippen MR) is 156 cm³/mol. The summed E-state index contributed by atoms with van der Waals surface area (Å²) in [5, 5.41) is 7.15. The van der Waals surface area contributed by atoms with Gasteiger partial charge in [0.1, 0.15) is 25.4 Å². The standard InChI is InChI=1S/C30H39N5O8/c1-19(2)15-23(34-30(41)43-18-21-11-7-4-8-12-21)28(39)35-27(32)25(37)16-24(36)22(13-14-26(31)38)33-29(40)42-17-20-9-5-3-6-10-20/h3-12,19,22-23,27H,13-18,32H2,1-2H3,(H2,31,38)(H,33,40)(H,34,41)(H,35,39)/t22-,23-,27?/m0/s1. The van der Waals surface area contributed by atoms with Gasteiger partial charge in [-0.1, -0.05) is 74.5 Å². The number of ketones is 2. The van der Waals surface area contributed by atoms with Gasteiger partial charge in [-0.15, -0.1) is 0 Å². The van der Waals surface area contributed by atoms with Crippen LogP contribution in [0, 0.1) is 5.92 Å². The first-order valence-corrected chi connectivity index (χ1v) is 13.8. The molecule has 0 fully saturated rings. The summed E-state index contributed by atoms with van der Waals surface area (Å²) in [6.45, 7) is 3.61. The highest BCUT2D eigenvalue weighted by Crippen LogP contribution is 2.09. The molecule has 1 unspecified atom stereocenters. The van der Waals surface area contributed by atoms with Gasteiger partial charge in [0.05, 0.1) is 12.5 Å². The molecule has 232 valence electrons. The van der Waals surface area contributed by atoms with Gasteiger partial charge in [0, 0.05) is 6.42 Å². The summed E-state index contributed by atoms with van der Waals surface area (Å²) in [5.74, 6) is -3.08. The molecular formula is C30H39N5O8. The number of Topliss-reactive ketones (excluding diaryl/α,β-unsaturated/α-hetero) is 2. The Morgan fingerprint density at radius 1 is 0.721 bits per heavy atom. The van der Waals surface area contributed by atoms with E-state index in [0.717, 1.165) is 5.56 Å². The summed E-state index contributed by atoms with van der Waals surface area (Å²) in [7, 11) is 0. The zero-order valence-electron chi connectivity index (χ0n) is 24.2. The molecule has 0 aliphatic carbocycles. The summed E-state index contributed by atoms with van der Waals surface area (Å²) in [6.07, 6.45) is -4.30. The minimum Gasteiger partial charge on any atom is -0.445 e. The lowest BCUT2D eigenvalue weighted by atomic mass is 10.0. The number of amides is 4. The fraction of sp³-hybridized carbons (Fsp3) is 0.400. The lowest BCUT2D eigenvalue weighted by Crippen LogP contribution is -2.55. The Kier molecular flexibility index (Phi) is 14.3. The van der Waals surface area contributed by atoms with Crippen molar-refractivity contribution < 1.29 is 38.2 Å². The molecule has 0 aromatic heterocycles. The summed E-state index contributed by atoms with van der Waals surface area (Å²) in [4.78, 5) is 74.5. The van der Waals surface area contributed by atoms with Crippen molar-refractivity contribution in [1.82, 2.24) is 16.0 Å². The number of primary amides is 1. The maximum absolute atomic E-state index is 12.9. The van der Waals surface area contributed by atoms with Gasteiger partial charge in [0.25, 0.3) is 0 Å². The number of carbonyl (C=O) groups excluding carboxylic acids is 6. The maximum Gasteiger partial charge on any atom is 0.408 e. The summed E-state index contributed by atoms with van der Waals surface area (Å²) < 4.78 is 10.3. The SMILES string of the molecule is CC(C)C[C@H](NC(=O)OCc1ccccc1)C(=O)NC(N)C(=O)CC(=O)[C@H](CCC(N)=O)NC(=O)OCc1ccccc1. The topological polar surface area (TPSA) is 209 Å². The summed E-state index contributed by atoms with van der Waals surface area (Å²) in [6, 6.07) is 15.4. The number of hydrogen-bond acceptors (Lipinski definition) is 9. The lowest BCUT2D eigenvalue weighted by molar-refractivity contribution is -0.132. The molecule has 0 radical (unpaired) electrons. The van der Waals surface area contributed by atoms with E-state index in [-0.39, 0.29) is 38.4 Å². The van der Waals surface area contributed by atoms with Gasteiger partial charge in [0.2, 0.25) is 11.8 Å². The van der Waals surface area contributed by atoms with E-state index in [4.69, 9.17) is 20.9 Å². The molecule has 43 heavy (non-hydrogen) atoms. The lowest BCUT2D eigenvalue weighted by Gasteiger charge is -2.22. The van der Waals surface area contributed by atoms with Gasteiger partial charge >= 0.3 is 12.2 Å². The number of benzene rings is 2. The number of nitrogens with two attached hydrogens (primary N) is 2. The van der Waals surface area contributed by atoms with Crippen molar-refractivity contribution in [3.63, 3.8) is 0 Å². The van der Waals surface area contributed by atoms with E-state index in [1.165, 1.54) is 0 Å². The van der Waals surface area contributed by atoms with Crippen LogP contribution in [-0.4, -0.2) is 53.8 Å².